The van der Waals surface area contributed by atoms with Crippen molar-refractivity contribution in [1.29, 1.82) is 0 Å². The smallest absolute Gasteiger partial charge is 0.290 e. The highest BCUT2D eigenvalue weighted by Crippen LogP contribution is 2.26. The van der Waals surface area contributed by atoms with Crippen LogP contribution in [0.1, 0.15) is 33.7 Å². The first-order valence-electron chi connectivity index (χ1n) is 9.35. The molecule has 1 amide bonds. The molecule has 3 heterocycles. The van der Waals surface area contributed by atoms with Crippen LogP contribution in [-0.4, -0.2) is 37.5 Å². The Morgan fingerprint density at radius 3 is 2.77 bits per heavy atom. The number of amides is 1. The molecule has 0 saturated heterocycles. The van der Waals surface area contributed by atoms with E-state index in [0.29, 0.717) is 17.3 Å². The van der Waals surface area contributed by atoms with Crippen molar-refractivity contribution in [1.82, 2.24) is 29.8 Å². The Kier molecular flexibility index (Phi) is 5.09. The van der Waals surface area contributed by atoms with Gasteiger partial charge < -0.3 is 19.1 Å². The van der Waals surface area contributed by atoms with Gasteiger partial charge in [-0.3, -0.25) is 9.48 Å². The molecule has 0 aliphatic heterocycles. The van der Waals surface area contributed by atoms with Gasteiger partial charge in [0.15, 0.2) is 0 Å². The predicted molar refractivity (Wildman–Crippen MR) is 109 cm³/mol. The molecule has 0 radical (unpaired) electrons. The fourth-order valence-electron chi connectivity index (χ4n) is 3.34. The van der Waals surface area contributed by atoms with Crippen LogP contribution >= 0.6 is 0 Å². The van der Waals surface area contributed by atoms with Gasteiger partial charge in [0.25, 0.3) is 5.91 Å². The van der Waals surface area contributed by atoms with E-state index in [4.69, 9.17) is 9.26 Å². The third-order valence-corrected chi connectivity index (χ3v) is 4.84. The number of ether oxygens (including phenoxy) is 1. The number of aryl methyl sites for hydroxylation is 3. The molecule has 1 N–H and O–H groups in total. The Morgan fingerprint density at radius 2 is 2.10 bits per heavy atom. The van der Waals surface area contributed by atoms with Gasteiger partial charge in [0, 0.05) is 44.3 Å². The highest BCUT2D eigenvalue weighted by atomic mass is 16.5. The summed E-state index contributed by atoms with van der Waals surface area (Å²) in [6.07, 6.45) is 5.35. The first kappa shape index (κ1) is 19.4. The maximum atomic E-state index is 13.0. The van der Waals surface area contributed by atoms with Gasteiger partial charge in [0.05, 0.1) is 12.8 Å². The lowest BCUT2D eigenvalue weighted by atomic mass is 10.1. The average Bonchev–Trinajstić information content (AvgIpc) is 3.46. The minimum Gasteiger partial charge on any atom is -0.497 e. The van der Waals surface area contributed by atoms with E-state index in [-0.39, 0.29) is 5.76 Å². The summed E-state index contributed by atoms with van der Waals surface area (Å²) in [5, 5.41) is 11.3. The van der Waals surface area contributed by atoms with Crippen LogP contribution in [0.15, 0.2) is 53.4 Å². The summed E-state index contributed by atoms with van der Waals surface area (Å²) in [5.74, 6) is 1.08. The van der Waals surface area contributed by atoms with Gasteiger partial charge in [-0.1, -0.05) is 17.3 Å². The van der Waals surface area contributed by atoms with Crippen molar-refractivity contribution in [2.45, 2.75) is 13.0 Å². The fraction of sp³-hybridized carbons (Fsp3) is 0.238. The maximum Gasteiger partial charge on any atom is 0.290 e. The normalized spacial score (nSPS) is 12.0. The highest BCUT2D eigenvalue weighted by Gasteiger charge is 2.24. The molecule has 30 heavy (non-hydrogen) atoms. The number of nitrogens with zero attached hydrogens (tertiary/aromatic N) is 5. The van der Waals surface area contributed by atoms with E-state index in [9.17, 15) is 4.79 Å². The van der Waals surface area contributed by atoms with Gasteiger partial charge in [-0.05, 0) is 24.6 Å². The van der Waals surface area contributed by atoms with E-state index < -0.39 is 11.9 Å². The molecule has 0 spiro atoms. The van der Waals surface area contributed by atoms with Gasteiger partial charge in [-0.2, -0.15) is 5.10 Å². The summed E-state index contributed by atoms with van der Waals surface area (Å²) in [6, 6.07) is 8.60. The molecule has 0 fully saturated rings. The largest absolute Gasteiger partial charge is 0.497 e. The van der Waals surface area contributed by atoms with E-state index in [0.717, 1.165) is 16.8 Å². The Balaban J connectivity index is 1.64. The van der Waals surface area contributed by atoms with E-state index in [1.54, 1.807) is 24.1 Å². The van der Waals surface area contributed by atoms with Gasteiger partial charge in [0.2, 0.25) is 5.76 Å². The minimum atomic E-state index is -0.499. The van der Waals surface area contributed by atoms with E-state index in [1.165, 1.54) is 0 Å². The van der Waals surface area contributed by atoms with Crippen molar-refractivity contribution < 1.29 is 14.1 Å². The SMILES string of the molecule is COc1cccc([C@H](NC(=O)c2cc(-c3cn(C)nc3C)no2)c2nccn2C)c1. The van der Waals surface area contributed by atoms with Crippen LogP contribution in [0.4, 0.5) is 0 Å². The van der Waals surface area contributed by atoms with E-state index in [1.807, 2.05) is 62.2 Å². The van der Waals surface area contributed by atoms with Crippen LogP contribution in [0.3, 0.4) is 0 Å². The molecule has 9 heteroatoms. The number of hydrogen-bond acceptors (Lipinski definition) is 6. The lowest BCUT2D eigenvalue weighted by Crippen LogP contribution is -2.30. The topological polar surface area (TPSA) is 100 Å². The number of carbonyl (C=O) groups is 1. The highest BCUT2D eigenvalue weighted by molar-refractivity contribution is 5.93. The van der Waals surface area contributed by atoms with Crippen LogP contribution in [0.5, 0.6) is 5.75 Å². The zero-order valence-electron chi connectivity index (χ0n) is 17.2. The second kappa shape index (κ2) is 7.86. The van der Waals surface area contributed by atoms with Gasteiger partial charge in [-0.25, -0.2) is 4.98 Å². The van der Waals surface area contributed by atoms with Crippen molar-refractivity contribution in [2.75, 3.05) is 7.11 Å². The molecule has 0 unspecified atom stereocenters. The monoisotopic (exact) mass is 406 g/mol. The van der Waals surface area contributed by atoms with E-state index in [2.05, 4.69) is 20.6 Å². The molecule has 0 saturated carbocycles. The van der Waals surface area contributed by atoms with Crippen molar-refractivity contribution >= 4 is 5.91 Å². The minimum absolute atomic E-state index is 0.107. The second-order valence-electron chi connectivity index (χ2n) is 6.96. The van der Waals surface area contributed by atoms with Crippen LogP contribution in [0.25, 0.3) is 11.3 Å². The number of nitrogens with one attached hydrogen (secondary N) is 1. The lowest BCUT2D eigenvalue weighted by Gasteiger charge is -2.19. The number of benzene rings is 1. The van der Waals surface area contributed by atoms with Crippen LogP contribution < -0.4 is 10.1 Å². The number of carbonyl (C=O) groups excluding carboxylic acids is 1. The van der Waals surface area contributed by atoms with Crippen molar-refractivity contribution in [2.24, 2.45) is 14.1 Å². The standard InChI is InChI=1S/C21H22N6O3/c1-13-16(12-27(3)24-13)17-11-18(30-25-17)21(28)23-19(20-22-8-9-26(20)2)14-6-5-7-15(10-14)29-4/h5-12,19H,1-4H3,(H,23,28)/t19-/m0/s1. The number of methoxy groups -OCH3 is 1. The molecule has 4 aromatic rings. The summed E-state index contributed by atoms with van der Waals surface area (Å²) in [6.45, 7) is 1.88. The number of hydrogen-bond donors (Lipinski definition) is 1. The lowest BCUT2D eigenvalue weighted by molar-refractivity contribution is 0.0904. The summed E-state index contributed by atoms with van der Waals surface area (Å²) in [4.78, 5) is 17.4. The zero-order chi connectivity index (χ0) is 21.3. The zero-order valence-corrected chi connectivity index (χ0v) is 17.2. The van der Waals surface area contributed by atoms with Gasteiger partial charge in [0.1, 0.15) is 23.3 Å². The molecule has 9 nitrogen and oxygen atoms in total. The molecule has 4 rings (SSSR count). The van der Waals surface area contributed by atoms with Crippen LogP contribution in [0, 0.1) is 6.92 Å². The summed E-state index contributed by atoms with van der Waals surface area (Å²) < 4.78 is 14.2. The number of imidazole rings is 1. The quantitative estimate of drug-likeness (QED) is 0.528. The third-order valence-electron chi connectivity index (χ3n) is 4.84. The van der Waals surface area contributed by atoms with E-state index >= 15 is 0 Å². The Morgan fingerprint density at radius 1 is 1.27 bits per heavy atom. The first-order chi connectivity index (χ1) is 14.5. The molecule has 0 bridgehead atoms. The Labute approximate surface area is 173 Å². The average molecular weight is 406 g/mol. The molecular formula is C21H22N6O3. The van der Waals surface area contributed by atoms with Gasteiger partial charge >= 0.3 is 0 Å². The van der Waals surface area contributed by atoms with Crippen LogP contribution in [0.2, 0.25) is 0 Å². The molecular weight excluding hydrogens is 384 g/mol. The number of rotatable bonds is 6. The third kappa shape index (κ3) is 3.69. The summed E-state index contributed by atoms with van der Waals surface area (Å²) in [5.41, 5.74) is 3.01. The number of aromatic nitrogens is 5. The van der Waals surface area contributed by atoms with Crippen molar-refractivity contribution in [3.05, 3.63) is 71.8 Å². The summed E-state index contributed by atoms with van der Waals surface area (Å²) in [7, 11) is 5.30. The van der Waals surface area contributed by atoms with Crippen molar-refractivity contribution in [3.63, 3.8) is 0 Å². The van der Waals surface area contributed by atoms with Crippen LogP contribution in [-0.2, 0) is 14.1 Å². The fourth-order valence-corrected chi connectivity index (χ4v) is 3.34. The predicted octanol–water partition coefficient (Wildman–Crippen LogP) is 2.65. The Hall–Kier alpha value is -3.88. The second-order valence-corrected chi connectivity index (χ2v) is 6.96. The van der Waals surface area contributed by atoms with Crippen molar-refractivity contribution in [3.8, 4) is 17.0 Å². The maximum absolute atomic E-state index is 13.0. The summed E-state index contributed by atoms with van der Waals surface area (Å²) >= 11 is 0. The van der Waals surface area contributed by atoms with Gasteiger partial charge in [-0.15, -0.1) is 0 Å². The molecule has 154 valence electrons. The Bertz CT molecular complexity index is 1190. The molecule has 1 aromatic carbocycles. The molecule has 1 atom stereocenters. The molecule has 0 aliphatic carbocycles. The first-order valence-corrected chi connectivity index (χ1v) is 9.35. The molecule has 0 aliphatic rings. The molecule has 3 aromatic heterocycles.